The maximum absolute atomic E-state index is 11.5. The molecule has 1 fully saturated rings. The largest absolute Gasteiger partial charge is 0.480 e. The number of nitrogens with zero attached hydrogens (tertiary/aromatic N) is 1. The fourth-order valence-corrected chi connectivity index (χ4v) is 2.97. The summed E-state index contributed by atoms with van der Waals surface area (Å²) in [6.07, 6.45) is -0.124. The van der Waals surface area contributed by atoms with Gasteiger partial charge < -0.3 is 14.9 Å². The van der Waals surface area contributed by atoms with E-state index in [0.29, 0.717) is 19.6 Å². The van der Waals surface area contributed by atoms with Crippen LogP contribution in [-0.2, 0) is 22.5 Å². The Morgan fingerprint density at radius 2 is 2.00 bits per heavy atom. The molecule has 2 aliphatic heterocycles. The van der Waals surface area contributed by atoms with Crippen LogP contribution < -0.4 is 0 Å². The minimum atomic E-state index is -0.839. The van der Waals surface area contributed by atoms with Gasteiger partial charge in [0.05, 0.1) is 25.4 Å². The third-order valence-corrected chi connectivity index (χ3v) is 4.02. The van der Waals surface area contributed by atoms with Crippen molar-refractivity contribution in [1.29, 1.82) is 0 Å². The standard InChI is InChI=1S/C14H17NO4/c16-13-8-19-7-12(13)15-6-10-4-2-1-3-9(10)5-11(15)14(17)18/h1-4,11-13,16H,5-8H2,(H,17,18)/t11-,12?,13?/m0/s1. The first-order chi connectivity index (χ1) is 9.16. The van der Waals surface area contributed by atoms with Crippen molar-refractivity contribution in [1.82, 2.24) is 4.90 Å². The van der Waals surface area contributed by atoms with Gasteiger partial charge in [0.2, 0.25) is 0 Å². The van der Waals surface area contributed by atoms with E-state index in [4.69, 9.17) is 4.74 Å². The van der Waals surface area contributed by atoms with Crippen molar-refractivity contribution < 1.29 is 19.7 Å². The highest BCUT2D eigenvalue weighted by atomic mass is 16.5. The lowest BCUT2D eigenvalue weighted by Gasteiger charge is -2.38. The first-order valence-corrected chi connectivity index (χ1v) is 6.48. The van der Waals surface area contributed by atoms with Crippen LogP contribution in [0.2, 0.25) is 0 Å². The molecule has 19 heavy (non-hydrogen) atoms. The molecule has 2 N–H and O–H groups in total. The van der Waals surface area contributed by atoms with E-state index in [2.05, 4.69) is 0 Å². The van der Waals surface area contributed by atoms with Crippen molar-refractivity contribution in [3.8, 4) is 0 Å². The molecule has 0 aromatic heterocycles. The topological polar surface area (TPSA) is 70.0 Å². The lowest BCUT2D eigenvalue weighted by molar-refractivity contribution is -0.145. The van der Waals surface area contributed by atoms with Crippen LogP contribution in [0.15, 0.2) is 24.3 Å². The van der Waals surface area contributed by atoms with Crippen LogP contribution in [0.1, 0.15) is 11.1 Å². The van der Waals surface area contributed by atoms with Crippen molar-refractivity contribution >= 4 is 5.97 Å². The maximum atomic E-state index is 11.5. The predicted molar refractivity (Wildman–Crippen MR) is 67.7 cm³/mol. The molecule has 1 aromatic carbocycles. The minimum Gasteiger partial charge on any atom is -0.480 e. The van der Waals surface area contributed by atoms with Crippen LogP contribution in [0.5, 0.6) is 0 Å². The van der Waals surface area contributed by atoms with E-state index in [9.17, 15) is 15.0 Å². The van der Waals surface area contributed by atoms with Crippen LogP contribution >= 0.6 is 0 Å². The molecule has 0 amide bonds. The number of hydrogen-bond donors (Lipinski definition) is 2. The molecule has 0 aliphatic carbocycles. The number of carboxylic acid groups (broad SMARTS) is 1. The molecule has 2 heterocycles. The summed E-state index contributed by atoms with van der Waals surface area (Å²) in [7, 11) is 0. The molecule has 3 atom stereocenters. The number of carboxylic acids is 1. The molecule has 3 rings (SSSR count). The Morgan fingerprint density at radius 1 is 1.26 bits per heavy atom. The molecule has 0 saturated carbocycles. The third kappa shape index (κ3) is 2.25. The Labute approximate surface area is 111 Å². The maximum Gasteiger partial charge on any atom is 0.321 e. The van der Waals surface area contributed by atoms with Crippen molar-refractivity contribution in [3.05, 3.63) is 35.4 Å². The molecule has 0 bridgehead atoms. The molecule has 1 aromatic rings. The van der Waals surface area contributed by atoms with Crippen LogP contribution in [0.3, 0.4) is 0 Å². The molecule has 1 saturated heterocycles. The number of fused-ring (bicyclic) bond motifs is 1. The minimum absolute atomic E-state index is 0.227. The number of rotatable bonds is 2. The van der Waals surface area contributed by atoms with Gasteiger partial charge in [-0.1, -0.05) is 24.3 Å². The SMILES string of the molecule is O=C(O)[C@@H]1Cc2ccccc2CN1C1COCC1O. The second-order valence-electron chi connectivity index (χ2n) is 5.17. The van der Waals surface area contributed by atoms with Crippen molar-refractivity contribution in [2.75, 3.05) is 13.2 Å². The van der Waals surface area contributed by atoms with Crippen molar-refractivity contribution in [3.63, 3.8) is 0 Å². The normalized spacial score (nSPS) is 31.1. The lowest BCUT2D eigenvalue weighted by Crippen LogP contribution is -2.54. The molecular weight excluding hydrogens is 246 g/mol. The number of aliphatic hydroxyl groups is 1. The van der Waals surface area contributed by atoms with Gasteiger partial charge in [-0.05, 0) is 17.5 Å². The van der Waals surface area contributed by atoms with Crippen LogP contribution in [0.25, 0.3) is 0 Å². The Balaban J connectivity index is 1.91. The molecular formula is C14H17NO4. The molecule has 0 spiro atoms. The van der Waals surface area contributed by atoms with E-state index in [1.54, 1.807) is 0 Å². The zero-order valence-corrected chi connectivity index (χ0v) is 10.5. The zero-order valence-electron chi connectivity index (χ0n) is 10.5. The Hall–Kier alpha value is -1.43. The van der Waals surface area contributed by atoms with E-state index in [0.717, 1.165) is 11.1 Å². The summed E-state index contributed by atoms with van der Waals surface area (Å²) in [4.78, 5) is 13.3. The van der Waals surface area contributed by atoms with Gasteiger partial charge in [-0.25, -0.2) is 0 Å². The molecule has 0 radical (unpaired) electrons. The zero-order chi connectivity index (χ0) is 13.4. The predicted octanol–water partition coefficient (Wildman–Crippen LogP) is 0.258. The van der Waals surface area contributed by atoms with Crippen LogP contribution in [0, 0.1) is 0 Å². The van der Waals surface area contributed by atoms with Gasteiger partial charge >= 0.3 is 5.97 Å². The molecule has 102 valence electrons. The Morgan fingerprint density at radius 3 is 2.63 bits per heavy atom. The highest BCUT2D eigenvalue weighted by Crippen LogP contribution is 2.28. The van der Waals surface area contributed by atoms with Gasteiger partial charge in [-0.2, -0.15) is 0 Å². The van der Waals surface area contributed by atoms with Crippen molar-refractivity contribution in [2.24, 2.45) is 0 Å². The van der Waals surface area contributed by atoms with E-state index >= 15 is 0 Å². The highest BCUT2D eigenvalue weighted by Gasteiger charge is 2.40. The number of benzene rings is 1. The molecule has 5 nitrogen and oxygen atoms in total. The van der Waals surface area contributed by atoms with Gasteiger partial charge in [0.25, 0.3) is 0 Å². The van der Waals surface area contributed by atoms with Crippen LogP contribution in [-0.4, -0.2) is 52.5 Å². The number of aliphatic hydroxyl groups excluding tert-OH is 1. The summed E-state index contributed by atoms with van der Waals surface area (Å²) in [6, 6.07) is 7.07. The summed E-state index contributed by atoms with van der Waals surface area (Å²) < 4.78 is 5.25. The lowest BCUT2D eigenvalue weighted by atomic mass is 9.92. The Bertz CT molecular complexity index is 490. The van der Waals surface area contributed by atoms with Gasteiger partial charge in [0.15, 0.2) is 0 Å². The van der Waals surface area contributed by atoms with Gasteiger partial charge in [-0.15, -0.1) is 0 Å². The average Bonchev–Trinajstić information content (AvgIpc) is 2.83. The summed E-state index contributed by atoms with van der Waals surface area (Å²) in [5, 5.41) is 19.3. The van der Waals surface area contributed by atoms with Crippen LogP contribution in [0.4, 0.5) is 0 Å². The first-order valence-electron chi connectivity index (χ1n) is 6.48. The second-order valence-corrected chi connectivity index (χ2v) is 5.17. The summed E-state index contributed by atoms with van der Waals surface area (Å²) in [6.45, 7) is 1.24. The second kappa shape index (κ2) is 4.92. The number of carbonyl (C=O) groups is 1. The van der Waals surface area contributed by atoms with Gasteiger partial charge in [0.1, 0.15) is 6.04 Å². The number of aliphatic carboxylic acids is 1. The molecule has 2 unspecified atom stereocenters. The summed E-state index contributed by atoms with van der Waals surface area (Å²) in [5.74, 6) is -0.839. The molecule has 2 aliphatic rings. The summed E-state index contributed by atoms with van der Waals surface area (Å²) in [5.41, 5.74) is 2.22. The third-order valence-electron chi connectivity index (χ3n) is 4.02. The van der Waals surface area contributed by atoms with E-state index in [1.807, 2.05) is 29.2 Å². The van der Waals surface area contributed by atoms with E-state index in [1.165, 1.54) is 0 Å². The number of hydrogen-bond acceptors (Lipinski definition) is 4. The quantitative estimate of drug-likeness (QED) is 0.801. The fourth-order valence-electron chi connectivity index (χ4n) is 2.97. The summed E-state index contributed by atoms with van der Waals surface area (Å²) >= 11 is 0. The number of ether oxygens (including phenoxy) is 1. The first kappa shape index (κ1) is 12.6. The van der Waals surface area contributed by atoms with E-state index in [-0.39, 0.29) is 12.6 Å². The molecule has 5 heteroatoms. The van der Waals surface area contributed by atoms with E-state index < -0.39 is 18.1 Å². The average molecular weight is 263 g/mol. The Kier molecular flexibility index (Phi) is 3.26. The van der Waals surface area contributed by atoms with Gasteiger partial charge in [0, 0.05) is 6.54 Å². The van der Waals surface area contributed by atoms with Gasteiger partial charge in [-0.3, -0.25) is 9.69 Å². The highest BCUT2D eigenvalue weighted by molar-refractivity contribution is 5.74. The fraction of sp³-hybridized carbons (Fsp3) is 0.500. The monoisotopic (exact) mass is 263 g/mol. The smallest absolute Gasteiger partial charge is 0.321 e. The van der Waals surface area contributed by atoms with Crippen molar-refractivity contribution in [2.45, 2.75) is 31.2 Å².